The van der Waals surface area contributed by atoms with Crippen molar-refractivity contribution in [1.82, 2.24) is 14.9 Å². The van der Waals surface area contributed by atoms with E-state index in [-0.39, 0.29) is 0 Å². The Balaban J connectivity index is 1.52. The van der Waals surface area contributed by atoms with Gasteiger partial charge in [0.2, 0.25) is 0 Å². The van der Waals surface area contributed by atoms with Gasteiger partial charge in [-0.1, -0.05) is 0 Å². The van der Waals surface area contributed by atoms with Crippen LogP contribution in [-0.4, -0.2) is 22.6 Å². The van der Waals surface area contributed by atoms with E-state index in [0.717, 1.165) is 18.1 Å². The molecule has 88 valence electrons. The molecule has 2 aromatic rings. The van der Waals surface area contributed by atoms with Crippen LogP contribution >= 0.6 is 0 Å². The highest BCUT2D eigenvalue weighted by molar-refractivity contribution is 5.75. The summed E-state index contributed by atoms with van der Waals surface area (Å²) in [6.45, 7) is 3.63. The van der Waals surface area contributed by atoms with Gasteiger partial charge in [0.25, 0.3) is 0 Å². The summed E-state index contributed by atoms with van der Waals surface area (Å²) in [5.74, 6) is 0.856. The zero-order chi connectivity index (χ0) is 11.3. The van der Waals surface area contributed by atoms with Gasteiger partial charge in [-0.2, -0.15) is 0 Å². The second kappa shape index (κ2) is 3.33. The van der Waals surface area contributed by atoms with Crippen molar-refractivity contribution in [3.05, 3.63) is 30.6 Å². The predicted octanol–water partition coefficient (Wildman–Crippen LogP) is 2.04. The molecule has 1 saturated heterocycles. The van der Waals surface area contributed by atoms with Crippen molar-refractivity contribution < 1.29 is 0 Å². The van der Waals surface area contributed by atoms with Gasteiger partial charge in [0.05, 0.1) is 0 Å². The zero-order valence-electron chi connectivity index (χ0n) is 9.89. The maximum atomic E-state index is 4.47. The van der Waals surface area contributed by atoms with Crippen LogP contribution in [-0.2, 0) is 6.54 Å². The SMILES string of the molecule is c1cnc2c(c1)ccn2CC1CC2(CNC2)C1. The second-order valence-electron chi connectivity index (χ2n) is 5.76. The third-order valence-electron chi connectivity index (χ3n) is 4.42. The lowest BCUT2D eigenvalue weighted by atomic mass is 9.58. The summed E-state index contributed by atoms with van der Waals surface area (Å²) in [7, 11) is 0. The van der Waals surface area contributed by atoms with Crippen molar-refractivity contribution in [2.45, 2.75) is 19.4 Å². The molecule has 2 fully saturated rings. The summed E-state index contributed by atoms with van der Waals surface area (Å²) in [6.07, 6.45) is 6.86. The number of aromatic nitrogens is 2. The number of fused-ring (bicyclic) bond motifs is 1. The van der Waals surface area contributed by atoms with Crippen molar-refractivity contribution in [3.8, 4) is 0 Å². The number of hydrogen-bond acceptors (Lipinski definition) is 2. The average molecular weight is 227 g/mol. The second-order valence-corrected chi connectivity index (χ2v) is 5.76. The van der Waals surface area contributed by atoms with Gasteiger partial charge in [0, 0.05) is 37.4 Å². The lowest BCUT2D eigenvalue weighted by molar-refractivity contribution is -0.00666. The summed E-state index contributed by atoms with van der Waals surface area (Å²) in [6, 6.07) is 6.31. The number of rotatable bonds is 2. The first-order chi connectivity index (χ1) is 8.35. The Morgan fingerprint density at radius 2 is 2.24 bits per heavy atom. The first kappa shape index (κ1) is 9.66. The van der Waals surface area contributed by atoms with Gasteiger partial charge in [-0.05, 0) is 42.4 Å². The molecule has 0 aromatic carbocycles. The molecule has 2 aliphatic rings. The Labute approximate surface area is 101 Å². The summed E-state index contributed by atoms with van der Waals surface area (Å²) in [5.41, 5.74) is 1.82. The van der Waals surface area contributed by atoms with Crippen LogP contribution in [0.25, 0.3) is 11.0 Å². The molecule has 1 saturated carbocycles. The van der Waals surface area contributed by atoms with Crippen LogP contribution in [0, 0.1) is 11.3 Å². The van der Waals surface area contributed by atoms with Gasteiger partial charge < -0.3 is 9.88 Å². The monoisotopic (exact) mass is 227 g/mol. The highest BCUT2D eigenvalue weighted by atomic mass is 15.0. The highest BCUT2D eigenvalue weighted by Gasteiger charge is 2.48. The molecule has 1 spiro atoms. The van der Waals surface area contributed by atoms with Gasteiger partial charge >= 0.3 is 0 Å². The van der Waals surface area contributed by atoms with Crippen LogP contribution in [0.3, 0.4) is 0 Å². The molecule has 0 atom stereocenters. The number of hydrogen-bond donors (Lipinski definition) is 1. The van der Waals surface area contributed by atoms with Gasteiger partial charge in [0.15, 0.2) is 0 Å². The van der Waals surface area contributed by atoms with Crippen molar-refractivity contribution in [3.63, 3.8) is 0 Å². The maximum absolute atomic E-state index is 4.47. The molecule has 1 aliphatic heterocycles. The predicted molar refractivity (Wildman–Crippen MR) is 67.8 cm³/mol. The van der Waals surface area contributed by atoms with Gasteiger partial charge in [-0.3, -0.25) is 0 Å². The Morgan fingerprint density at radius 1 is 1.35 bits per heavy atom. The fourth-order valence-corrected chi connectivity index (χ4v) is 3.51. The molecule has 3 heteroatoms. The largest absolute Gasteiger partial charge is 0.332 e. The highest BCUT2D eigenvalue weighted by Crippen LogP contribution is 2.49. The van der Waals surface area contributed by atoms with Crippen molar-refractivity contribution in [2.24, 2.45) is 11.3 Å². The van der Waals surface area contributed by atoms with Crippen LogP contribution in [0.15, 0.2) is 30.6 Å². The molecule has 4 rings (SSSR count). The topological polar surface area (TPSA) is 29.9 Å². The fourth-order valence-electron chi connectivity index (χ4n) is 3.51. The van der Waals surface area contributed by atoms with E-state index in [1.807, 2.05) is 12.3 Å². The molecule has 0 radical (unpaired) electrons. The molecular formula is C14H17N3. The molecule has 0 amide bonds. The molecule has 0 bridgehead atoms. The maximum Gasteiger partial charge on any atom is 0.139 e. The average Bonchev–Trinajstić information content (AvgIpc) is 2.64. The molecule has 1 N–H and O–H groups in total. The summed E-state index contributed by atoms with van der Waals surface area (Å²) >= 11 is 0. The molecule has 1 aliphatic carbocycles. The standard InChI is InChI=1S/C14H17N3/c1-2-12-3-5-17(13(12)16-4-1)8-11-6-14(7-11)9-15-10-14/h1-5,11,15H,6-10H2. The van der Waals surface area contributed by atoms with Gasteiger partial charge in [-0.15, -0.1) is 0 Å². The van der Waals surface area contributed by atoms with E-state index in [1.54, 1.807) is 0 Å². The quantitative estimate of drug-likeness (QED) is 0.851. The van der Waals surface area contributed by atoms with Crippen molar-refractivity contribution >= 4 is 11.0 Å². The van der Waals surface area contributed by atoms with Crippen LogP contribution < -0.4 is 5.32 Å². The normalized spacial score (nSPS) is 22.6. The third kappa shape index (κ3) is 1.42. The van der Waals surface area contributed by atoms with Crippen LogP contribution in [0.2, 0.25) is 0 Å². The molecule has 2 aromatic heterocycles. The van der Waals surface area contributed by atoms with E-state index < -0.39 is 0 Å². The lowest BCUT2D eigenvalue weighted by Gasteiger charge is -2.54. The van der Waals surface area contributed by atoms with E-state index in [4.69, 9.17) is 0 Å². The summed E-state index contributed by atoms with van der Waals surface area (Å²) in [4.78, 5) is 4.47. The molecule has 17 heavy (non-hydrogen) atoms. The van der Waals surface area contributed by atoms with Crippen LogP contribution in [0.5, 0.6) is 0 Å². The zero-order valence-corrected chi connectivity index (χ0v) is 9.89. The van der Waals surface area contributed by atoms with Gasteiger partial charge in [0.1, 0.15) is 5.65 Å². The lowest BCUT2D eigenvalue weighted by Crippen LogP contribution is -2.60. The number of pyridine rings is 1. The molecular weight excluding hydrogens is 210 g/mol. The Bertz CT molecular complexity index is 545. The first-order valence-electron chi connectivity index (χ1n) is 6.45. The summed E-state index contributed by atoms with van der Waals surface area (Å²) < 4.78 is 2.32. The van der Waals surface area contributed by atoms with E-state index in [9.17, 15) is 0 Å². The Kier molecular flexibility index (Phi) is 1.89. The summed E-state index contributed by atoms with van der Waals surface area (Å²) in [5, 5.41) is 4.65. The van der Waals surface area contributed by atoms with Gasteiger partial charge in [-0.25, -0.2) is 4.98 Å². The number of nitrogens with zero attached hydrogens (tertiary/aromatic N) is 2. The molecule has 3 heterocycles. The smallest absolute Gasteiger partial charge is 0.139 e. The molecule has 0 unspecified atom stereocenters. The molecule has 3 nitrogen and oxygen atoms in total. The number of nitrogens with one attached hydrogen (secondary N) is 1. The van der Waals surface area contributed by atoms with E-state index in [0.29, 0.717) is 5.41 Å². The first-order valence-corrected chi connectivity index (χ1v) is 6.45. The minimum absolute atomic E-state index is 0.682. The minimum Gasteiger partial charge on any atom is -0.332 e. The van der Waals surface area contributed by atoms with E-state index >= 15 is 0 Å². The van der Waals surface area contributed by atoms with E-state index in [1.165, 1.54) is 31.3 Å². The van der Waals surface area contributed by atoms with E-state index in [2.05, 4.69) is 33.2 Å². The van der Waals surface area contributed by atoms with Crippen LogP contribution in [0.1, 0.15) is 12.8 Å². The fraction of sp³-hybridized carbons (Fsp3) is 0.500. The minimum atomic E-state index is 0.682. The third-order valence-corrected chi connectivity index (χ3v) is 4.42. The van der Waals surface area contributed by atoms with Crippen LogP contribution in [0.4, 0.5) is 0 Å². The Morgan fingerprint density at radius 3 is 3.00 bits per heavy atom. The van der Waals surface area contributed by atoms with Crippen molar-refractivity contribution in [2.75, 3.05) is 13.1 Å². The Hall–Kier alpha value is -1.35. The van der Waals surface area contributed by atoms with Crippen molar-refractivity contribution in [1.29, 1.82) is 0 Å².